The Balaban J connectivity index is 1.95. The van der Waals surface area contributed by atoms with E-state index >= 15 is 0 Å². The predicted octanol–water partition coefficient (Wildman–Crippen LogP) is 2.79. The van der Waals surface area contributed by atoms with Crippen molar-refractivity contribution in [2.24, 2.45) is 0 Å². The Morgan fingerprint density at radius 3 is 2.68 bits per heavy atom. The van der Waals surface area contributed by atoms with E-state index in [0.29, 0.717) is 6.54 Å². The summed E-state index contributed by atoms with van der Waals surface area (Å²) in [6.07, 6.45) is 3.88. The van der Waals surface area contributed by atoms with E-state index in [-0.39, 0.29) is 17.6 Å². The predicted molar refractivity (Wildman–Crippen MR) is 72.8 cm³/mol. The standard InChI is InChI=1S/C15H22FNO2/c1-11(17-10-15(18)7-3-4-8-15)12-5-6-14(19-2)13(16)9-12/h5-6,9,11,17-18H,3-4,7-8,10H2,1-2H3. The van der Waals surface area contributed by atoms with Gasteiger partial charge in [-0.15, -0.1) is 0 Å². The van der Waals surface area contributed by atoms with Crippen LogP contribution >= 0.6 is 0 Å². The molecule has 19 heavy (non-hydrogen) atoms. The number of nitrogens with one attached hydrogen (secondary N) is 1. The Kier molecular flexibility index (Phi) is 4.42. The van der Waals surface area contributed by atoms with Crippen molar-refractivity contribution in [2.45, 2.75) is 44.2 Å². The number of hydrogen-bond donors (Lipinski definition) is 2. The third kappa shape index (κ3) is 3.45. The fourth-order valence-corrected chi connectivity index (χ4v) is 2.62. The molecule has 1 unspecified atom stereocenters. The SMILES string of the molecule is COc1ccc(C(C)NCC2(O)CCCC2)cc1F. The molecule has 1 aromatic carbocycles. The van der Waals surface area contributed by atoms with E-state index in [1.54, 1.807) is 6.07 Å². The highest BCUT2D eigenvalue weighted by Crippen LogP contribution is 2.29. The quantitative estimate of drug-likeness (QED) is 0.862. The minimum atomic E-state index is -0.584. The number of methoxy groups -OCH3 is 1. The van der Waals surface area contributed by atoms with Crippen LogP contribution in [-0.2, 0) is 0 Å². The molecule has 2 rings (SSSR count). The van der Waals surface area contributed by atoms with Crippen molar-refractivity contribution in [3.8, 4) is 5.75 Å². The van der Waals surface area contributed by atoms with Crippen LogP contribution in [0.3, 0.4) is 0 Å². The second-order valence-corrected chi connectivity index (χ2v) is 5.43. The summed E-state index contributed by atoms with van der Waals surface area (Å²) in [5.74, 6) is -0.0985. The van der Waals surface area contributed by atoms with Crippen LogP contribution in [0.4, 0.5) is 4.39 Å². The first-order valence-corrected chi connectivity index (χ1v) is 6.83. The molecule has 0 amide bonds. The molecule has 0 saturated heterocycles. The topological polar surface area (TPSA) is 41.5 Å². The van der Waals surface area contributed by atoms with Gasteiger partial charge in [-0.05, 0) is 37.5 Å². The van der Waals surface area contributed by atoms with Gasteiger partial charge in [0, 0.05) is 12.6 Å². The van der Waals surface area contributed by atoms with E-state index in [0.717, 1.165) is 31.2 Å². The van der Waals surface area contributed by atoms with Gasteiger partial charge in [0.05, 0.1) is 12.7 Å². The van der Waals surface area contributed by atoms with Crippen LogP contribution in [0.15, 0.2) is 18.2 Å². The van der Waals surface area contributed by atoms with E-state index in [2.05, 4.69) is 5.32 Å². The van der Waals surface area contributed by atoms with E-state index in [1.807, 2.05) is 13.0 Å². The molecule has 1 aromatic rings. The van der Waals surface area contributed by atoms with Crippen molar-refractivity contribution in [1.82, 2.24) is 5.32 Å². The van der Waals surface area contributed by atoms with Gasteiger partial charge in [-0.2, -0.15) is 0 Å². The number of rotatable bonds is 5. The summed E-state index contributed by atoms with van der Waals surface area (Å²) in [6, 6.07) is 4.96. The molecule has 106 valence electrons. The van der Waals surface area contributed by atoms with Crippen LogP contribution in [0.5, 0.6) is 5.75 Å². The van der Waals surface area contributed by atoms with E-state index < -0.39 is 5.60 Å². The molecule has 2 N–H and O–H groups in total. The molecule has 0 heterocycles. The lowest BCUT2D eigenvalue weighted by molar-refractivity contribution is 0.0453. The van der Waals surface area contributed by atoms with Crippen molar-refractivity contribution in [1.29, 1.82) is 0 Å². The third-order valence-electron chi connectivity index (χ3n) is 3.95. The molecule has 1 atom stereocenters. The third-order valence-corrected chi connectivity index (χ3v) is 3.95. The van der Waals surface area contributed by atoms with Crippen LogP contribution in [0.25, 0.3) is 0 Å². The van der Waals surface area contributed by atoms with Gasteiger partial charge in [-0.3, -0.25) is 0 Å². The average Bonchev–Trinajstić information content (AvgIpc) is 2.83. The van der Waals surface area contributed by atoms with Gasteiger partial charge in [-0.25, -0.2) is 4.39 Å². The Hall–Kier alpha value is -1.13. The maximum absolute atomic E-state index is 13.6. The molecule has 0 aliphatic heterocycles. The molecule has 1 fully saturated rings. The molecule has 0 bridgehead atoms. The summed E-state index contributed by atoms with van der Waals surface area (Å²) in [5.41, 5.74) is 0.277. The molecule has 4 heteroatoms. The molecule has 0 spiro atoms. The minimum absolute atomic E-state index is 0.00466. The first-order valence-electron chi connectivity index (χ1n) is 6.83. The van der Waals surface area contributed by atoms with Crippen LogP contribution in [-0.4, -0.2) is 24.4 Å². The van der Waals surface area contributed by atoms with Crippen LogP contribution in [0.2, 0.25) is 0 Å². The van der Waals surface area contributed by atoms with Gasteiger partial charge in [0.2, 0.25) is 0 Å². The molecule has 1 aliphatic rings. The van der Waals surface area contributed by atoms with Gasteiger partial charge >= 0.3 is 0 Å². The zero-order valence-electron chi connectivity index (χ0n) is 11.6. The normalized spacial score (nSPS) is 19.4. The number of hydrogen-bond acceptors (Lipinski definition) is 3. The van der Waals surface area contributed by atoms with Gasteiger partial charge in [0.1, 0.15) is 0 Å². The van der Waals surface area contributed by atoms with Crippen LogP contribution in [0, 0.1) is 5.82 Å². The van der Waals surface area contributed by atoms with Crippen molar-refractivity contribution >= 4 is 0 Å². The second kappa shape index (κ2) is 5.88. The van der Waals surface area contributed by atoms with Gasteiger partial charge in [0.25, 0.3) is 0 Å². The summed E-state index contributed by atoms with van der Waals surface area (Å²) in [4.78, 5) is 0. The van der Waals surface area contributed by atoms with E-state index in [4.69, 9.17) is 4.74 Å². The highest BCUT2D eigenvalue weighted by atomic mass is 19.1. The van der Waals surface area contributed by atoms with Crippen LogP contribution in [0.1, 0.15) is 44.2 Å². The molecular formula is C15H22FNO2. The van der Waals surface area contributed by atoms with E-state index in [9.17, 15) is 9.50 Å². The van der Waals surface area contributed by atoms with Crippen molar-refractivity contribution in [2.75, 3.05) is 13.7 Å². The lowest BCUT2D eigenvalue weighted by Gasteiger charge is -2.25. The molecule has 1 saturated carbocycles. The van der Waals surface area contributed by atoms with Gasteiger partial charge in [0.15, 0.2) is 11.6 Å². The Morgan fingerprint density at radius 2 is 2.11 bits per heavy atom. The number of aliphatic hydroxyl groups is 1. The Labute approximate surface area is 113 Å². The fourth-order valence-electron chi connectivity index (χ4n) is 2.62. The first kappa shape index (κ1) is 14.3. The Bertz CT molecular complexity index is 430. The maximum Gasteiger partial charge on any atom is 0.165 e. The molecule has 1 aliphatic carbocycles. The fraction of sp³-hybridized carbons (Fsp3) is 0.600. The average molecular weight is 267 g/mol. The lowest BCUT2D eigenvalue weighted by Crippen LogP contribution is -2.39. The second-order valence-electron chi connectivity index (χ2n) is 5.43. The van der Waals surface area contributed by atoms with Gasteiger partial charge in [-0.1, -0.05) is 18.9 Å². The van der Waals surface area contributed by atoms with Gasteiger partial charge < -0.3 is 15.2 Å². The summed E-state index contributed by atoms with van der Waals surface area (Å²) in [6.45, 7) is 2.53. The zero-order valence-corrected chi connectivity index (χ0v) is 11.6. The summed E-state index contributed by atoms with van der Waals surface area (Å²) < 4.78 is 18.5. The monoisotopic (exact) mass is 267 g/mol. The smallest absolute Gasteiger partial charge is 0.165 e. The molecule has 0 aromatic heterocycles. The summed E-state index contributed by atoms with van der Waals surface area (Å²) in [5, 5.41) is 13.6. The van der Waals surface area contributed by atoms with Crippen molar-refractivity contribution < 1.29 is 14.2 Å². The van der Waals surface area contributed by atoms with Crippen LogP contribution < -0.4 is 10.1 Å². The molecule has 3 nitrogen and oxygen atoms in total. The number of benzene rings is 1. The largest absolute Gasteiger partial charge is 0.494 e. The van der Waals surface area contributed by atoms with E-state index in [1.165, 1.54) is 13.2 Å². The minimum Gasteiger partial charge on any atom is -0.494 e. The molecular weight excluding hydrogens is 245 g/mol. The van der Waals surface area contributed by atoms with Crippen molar-refractivity contribution in [3.63, 3.8) is 0 Å². The maximum atomic E-state index is 13.6. The highest BCUT2D eigenvalue weighted by Gasteiger charge is 2.31. The number of halogens is 1. The number of ether oxygens (including phenoxy) is 1. The Morgan fingerprint density at radius 1 is 1.42 bits per heavy atom. The molecule has 0 radical (unpaired) electrons. The van der Waals surface area contributed by atoms with Crippen molar-refractivity contribution in [3.05, 3.63) is 29.6 Å². The first-order chi connectivity index (χ1) is 9.04. The summed E-state index contributed by atoms with van der Waals surface area (Å²) in [7, 11) is 1.45. The zero-order chi connectivity index (χ0) is 13.9. The lowest BCUT2D eigenvalue weighted by atomic mass is 10.0. The summed E-state index contributed by atoms with van der Waals surface area (Å²) >= 11 is 0. The highest BCUT2D eigenvalue weighted by molar-refractivity contribution is 5.30.